The number of likely N-dealkylation sites (tertiary alicyclic amines) is 2. The van der Waals surface area contributed by atoms with Gasteiger partial charge in [-0.3, -0.25) is 29.2 Å². The fraction of sp³-hybridized carbons (Fsp3) is 0.444. The number of ketones is 1. The molecule has 0 saturated carbocycles. The number of halogens is 1. The number of likely N-dealkylation sites (N-methyl/N-ethyl adjacent to an activating group) is 1. The summed E-state index contributed by atoms with van der Waals surface area (Å²) in [4.78, 5) is 85.4. The van der Waals surface area contributed by atoms with Gasteiger partial charge in [0.05, 0.1) is 34.2 Å². The molecule has 412 valence electrons. The molecule has 0 bridgehead atoms. The van der Waals surface area contributed by atoms with Gasteiger partial charge < -0.3 is 35.4 Å². The Labute approximate surface area is 456 Å². The molecule has 4 aromatic heterocycles. The highest BCUT2D eigenvalue weighted by Gasteiger charge is 2.42. The van der Waals surface area contributed by atoms with Crippen molar-refractivity contribution in [3.05, 3.63) is 112 Å². The molecular weight excluding hydrogens is 1040 g/mol. The fourth-order valence-electron chi connectivity index (χ4n) is 9.87. The second kappa shape index (κ2) is 23.3. The summed E-state index contributed by atoms with van der Waals surface area (Å²) in [5.74, 6) is -0.318. The molecule has 0 aliphatic carbocycles. The molecule has 21 nitrogen and oxygen atoms in total. The Bertz CT molecular complexity index is 3310. The molecule has 3 amide bonds. The fourth-order valence-corrected chi connectivity index (χ4v) is 12.1. The van der Waals surface area contributed by atoms with E-state index in [1.165, 1.54) is 41.9 Å². The molecule has 9 rings (SSSR count). The Hall–Kier alpha value is -7.44. The Morgan fingerprint density at radius 2 is 1.64 bits per heavy atom. The minimum atomic E-state index is -3.85. The summed E-state index contributed by atoms with van der Waals surface area (Å²) in [6.07, 6.45) is 7.38. The van der Waals surface area contributed by atoms with Crippen LogP contribution in [0, 0.1) is 25.6 Å². The molecule has 78 heavy (non-hydrogen) atoms. The Kier molecular flexibility index (Phi) is 16.5. The van der Waals surface area contributed by atoms with E-state index in [4.69, 9.17) is 4.74 Å². The zero-order chi connectivity index (χ0) is 55.5. The van der Waals surface area contributed by atoms with Crippen LogP contribution in [0.15, 0.2) is 77.7 Å². The molecule has 6 aromatic rings. The number of anilines is 3. The van der Waals surface area contributed by atoms with Crippen molar-refractivity contribution in [2.75, 3.05) is 76.2 Å². The summed E-state index contributed by atoms with van der Waals surface area (Å²) in [6.45, 7) is 17.5. The number of sulfone groups is 1. The zero-order valence-corrected chi connectivity index (χ0v) is 46.3. The standard InChI is InChI=1S/C54H65FN14O7S2/c1-32-33(2)64-65-47(32)63-48-39-26-44(78(74,75)54(4,5)6)43(27-40(39)59-31-60-48)76-25-9-17-66-21-23-68(24-22-66)53-57-28-37(29-58-53)51(72)67-19-15-35(16-20-67)45(62-49(71)34(3)56-7)52(73)69-18-8-10-42(69)50-61-41(30-77-50)46(70)36-11-13-38(55)14-12-36/h11-14,26-31,35,42,45,56H,3,8-10,15-25H2,1-2,4-7H3,(H,62,71)(H2,59,60,63,64,65)/t42-,45-/m0/s1. The molecule has 2 aromatic carbocycles. The van der Waals surface area contributed by atoms with Crippen molar-refractivity contribution in [1.82, 2.24) is 60.5 Å². The highest BCUT2D eigenvalue weighted by Crippen LogP contribution is 2.39. The highest BCUT2D eigenvalue weighted by molar-refractivity contribution is 7.92. The van der Waals surface area contributed by atoms with Gasteiger partial charge in [0.1, 0.15) is 45.4 Å². The van der Waals surface area contributed by atoms with Crippen LogP contribution in [-0.2, 0) is 19.4 Å². The van der Waals surface area contributed by atoms with Crippen molar-refractivity contribution in [3.8, 4) is 5.75 Å². The largest absolute Gasteiger partial charge is 0.492 e. The average molecular weight is 1110 g/mol. The molecule has 0 spiro atoms. The monoisotopic (exact) mass is 1100 g/mol. The minimum Gasteiger partial charge on any atom is -0.492 e. The van der Waals surface area contributed by atoms with E-state index in [1.54, 1.807) is 67.5 Å². The number of benzene rings is 2. The van der Waals surface area contributed by atoms with Gasteiger partial charge in [0.2, 0.25) is 17.6 Å². The Morgan fingerprint density at radius 1 is 0.923 bits per heavy atom. The number of aryl methyl sites for hydroxylation is 1. The molecule has 2 atom stereocenters. The first-order chi connectivity index (χ1) is 37.3. The van der Waals surface area contributed by atoms with Crippen LogP contribution < -0.4 is 25.6 Å². The Balaban J connectivity index is 0.770. The van der Waals surface area contributed by atoms with Gasteiger partial charge in [-0.15, -0.1) is 11.3 Å². The second-order valence-corrected chi connectivity index (χ2v) is 24.4. The van der Waals surface area contributed by atoms with E-state index >= 15 is 0 Å². The Morgan fingerprint density at radius 3 is 2.31 bits per heavy atom. The van der Waals surface area contributed by atoms with Gasteiger partial charge >= 0.3 is 0 Å². The van der Waals surface area contributed by atoms with Gasteiger partial charge in [0.25, 0.3) is 11.8 Å². The molecule has 3 fully saturated rings. The molecule has 3 saturated heterocycles. The van der Waals surface area contributed by atoms with Crippen molar-refractivity contribution >= 4 is 73.2 Å². The number of ether oxygens (including phenoxy) is 1. The van der Waals surface area contributed by atoms with E-state index in [-0.39, 0.29) is 52.2 Å². The van der Waals surface area contributed by atoms with Gasteiger partial charge in [-0.2, -0.15) is 5.10 Å². The number of piperidine rings is 1. The normalized spacial score (nSPS) is 17.0. The molecule has 3 aliphatic rings. The number of H-pyrrole nitrogens is 1. The first-order valence-electron chi connectivity index (χ1n) is 26.1. The van der Waals surface area contributed by atoms with Crippen LogP contribution in [0.25, 0.3) is 10.9 Å². The average Bonchev–Trinajstić information content (AvgIpc) is 4.25. The third-order valence-corrected chi connectivity index (χ3v) is 18.3. The van der Waals surface area contributed by atoms with E-state index in [2.05, 4.69) is 67.4 Å². The molecule has 24 heteroatoms. The number of nitrogens with one attached hydrogen (secondary N) is 4. The minimum absolute atomic E-state index is 0.0663. The highest BCUT2D eigenvalue weighted by atomic mass is 32.2. The van der Waals surface area contributed by atoms with Crippen LogP contribution in [-0.4, -0.2) is 159 Å². The van der Waals surface area contributed by atoms with Crippen molar-refractivity contribution in [2.24, 2.45) is 5.92 Å². The van der Waals surface area contributed by atoms with Crippen LogP contribution >= 0.6 is 11.3 Å². The molecule has 0 radical (unpaired) electrons. The third kappa shape index (κ3) is 11.8. The number of piperazine rings is 1. The van der Waals surface area contributed by atoms with Gasteiger partial charge in [-0.25, -0.2) is 37.7 Å². The lowest BCUT2D eigenvalue weighted by molar-refractivity contribution is -0.138. The molecule has 0 unspecified atom stereocenters. The summed E-state index contributed by atoms with van der Waals surface area (Å²) in [5, 5.41) is 19.0. The number of hydrogen-bond donors (Lipinski definition) is 4. The van der Waals surface area contributed by atoms with Gasteiger partial charge in [-0.05, 0) is 103 Å². The maximum atomic E-state index is 14.5. The molecule has 3 aliphatic heterocycles. The third-order valence-electron chi connectivity index (χ3n) is 14.8. The molecule has 7 heterocycles. The van der Waals surface area contributed by atoms with Gasteiger partial charge in [0.15, 0.2) is 15.7 Å². The second-order valence-electron chi connectivity index (χ2n) is 20.8. The zero-order valence-electron chi connectivity index (χ0n) is 44.6. The lowest BCUT2D eigenvalue weighted by Gasteiger charge is -2.38. The summed E-state index contributed by atoms with van der Waals surface area (Å²) in [6, 6.07) is 7.22. The maximum absolute atomic E-state index is 14.5. The van der Waals surface area contributed by atoms with Crippen LogP contribution in [0.3, 0.4) is 0 Å². The van der Waals surface area contributed by atoms with Gasteiger partial charge in [-0.1, -0.05) is 6.58 Å². The summed E-state index contributed by atoms with van der Waals surface area (Å²) in [7, 11) is -2.27. The topological polar surface area (TPSA) is 254 Å². The first kappa shape index (κ1) is 55.3. The van der Waals surface area contributed by atoms with Crippen LogP contribution in [0.2, 0.25) is 0 Å². The number of aromatic amines is 1. The number of nitrogens with zero attached hydrogens (tertiary/aromatic N) is 10. The number of rotatable bonds is 18. The van der Waals surface area contributed by atoms with Crippen LogP contribution in [0.1, 0.15) is 102 Å². The van der Waals surface area contributed by atoms with E-state index < -0.39 is 38.4 Å². The SMILES string of the molecule is C=C(NC)C(=O)N[C@H](C(=O)N1CCC[C@H]1c1nc(C(=O)c2ccc(F)cc2)cs1)C1CCN(C(=O)c2cnc(N3CCN(CCCOc4cc5ncnc(Nc6n[nH]c(C)c6C)c5cc4S(=O)(=O)C(C)(C)C)CC3)nc2)CC1. The van der Waals surface area contributed by atoms with Crippen molar-refractivity contribution in [3.63, 3.8) is 0 Å². The summed E-state index contributed by atoms with van der Waals surface area (Å²) < 4.78 is 46.6. The number of hydrogen-bond acceptors (Lipinski definition) is 18. The number of amides is 3. The number of carbonyl (C=O) groups excluding carboxylic acids is 4. The van der Waals surface area contributed by atoms with Crippen molar-refractivity contribution < 1.29 is 36.7 Å². The van der Waals surface area contributed by atoms with Crippen LogP contribution in [0.4, 0.5) is 22.0 Å². The lowest BCUT2D eigenvalue weighted by Crippen LogP contribution is -2.55. The number of thiazole rings is 1. The predicted molar refractivity (Wildman–Crippen MR) is 293 cm³/mol. The van der Waals surface area contributed by atoms with E-state index in [9.17, 15) is 32.0 Å². The lowest BCUT2D eigenvalue weighted by atomic mass is 9.88. The quantitative estimate of drug-likeness (QED) is 0.0442. The van der Waals surface area contributed by atoms with E-state index in [0.717, 1.165) is 30.9 Å². The summed E-state index contributed by atoms with van der Waals surface area (Å²) >= 11 is 1.29. The van der Waals surface area contributed by atoms with Crippen LogP contribution in [0.5, 0.6) is 5.75 Å². The van der Waals surface area contributed by atoms with Gasteiger partial charge in [0, 0.05) is 105 Å². The molecule has 4 N–H and O–H groups in total. The molecular formula is C54H65FN14O7S2. The number of aromatic nitrogens is 7. The van der Waals surface area contributed by atoms with E-state index in [1.807, 2.05) is 13.8 Å². The predicted octanol–water partition coefficient (Wildman–Crippen LogP) is 5.93. The van der Waals surface area contributed by atoms with Crippen molar-refractivity contribution in [2.45, 2.75) is 88.4 Å². The number of fused-ring (bicyclic) bond motifs is 1. The maximum Gasteiger partial charge on any atom is 0.267 e. The van der Waals surface area contributed by atoms with E-state index in [0.29, 0.717) is 109 Å². The first-order valence-corrected chi connectivity index (χ1v) is 28.4. The number of carbonyl (C=O) groups is 4. The summed E-state index contributed by atoms with van der Waals surface area (Å²) in [5.41, 5.74) is 3.32. The van der Waals surface area contributed by atoms with Crippen molar-refractivity contribution in [1.29, 1.82) is 0 Å². The smallest absolute Gasteiger partial charge is 0.267 e.